The summed E-state index contributed by atoms with van der Waals surface area (Å²) < 4.78 is 10.6. The van der Waals surface area contributed by atoms with Gasteiger partial charge in [-0.05, 0) is 61.7 Å². The molecule has 0 aliphatic rings. The van der Waals surface area contributed by atoms with Gasteiger partial charge in [0.2, 0.25) is 11.8 Å². The predicted octanol–water partition coefficient (Wildman–Crippen LogP) is 4.20. The summed E-state index contributed by atoms with van der Waals surface area (Å²) in [4.78, 5) is 65.9. The van der Waals surface area contributed by atoms with Crippen LogP contribution in [0.25, 0.3) is 0 Å². The van der Waals surface area contributed by atoms with Crippen LogP contribution in [0.3, 0.4) is 0 Å². The van der Waals surface area contributed by atoms with Gasteiger partial charge in [-0.1, -0.05) is 84.9 Å². The fourth-order valence-corrected chi connectivity index (χ4v) is 5.73. The number of carbonyl (C=O) groups is 5. The van der Waals surface area contributed by atoms with E-state index < -0.39 is 60.2 Å². The molecule has 1 unspecified atom stereocenters. The molecule has 0 aliphatic heterocycles. The van der Waals surface area contributed by atoms with Crippen LogP contribution >= 0.6 is 0 Å². The number of anilines is 1. The molecular weight excluding hydrogens is 720 g/mol. The monoisotopic (exact) mass is 768 g/mol. The number of ether oxygens (including phenoxy) is 2. The zero-order valence-corrected chi connectivity index (χ0v) is 31.5. The highest BCUT2D eigenvalue weighted by Crippen LogP contribution is 2.22. The Labute approximate surface area is 325 Å². The second-order valence-electron chi connectivity index (χ2n) is 14.1. The normalized spacial score (nSPS) is 12.6. The van der Waals surface area contributed by atoms with Crippen molar-refractivity contribution in [1.82, 2.24) is 16.0 Å². The number of rotatable bonds is 19. The fourth-order valence-electron chi connectivity index (χ4n) is 5.73. The van der Waals surface area contributed by atoms with Gasteiger partial charge in [-0.3, -0.25) is 9.59 Å². The number of carbonyl (C=O) groups excluding carboxylic acids is 3. The highest BCUT2D eigenvalue weighted by Gasteiger charge is 2.30. The number of benzene rings is 4. The van der Waals surface area contributed by atoms with Crippen molar-refractivity contribution in [2.75, 3.05) is 24.6 Å². The number of aliphatic hydroxyl groups excluding tert-OH is 1. The van der Waals surface area contributed by atoms with Gasteiger partial charge in [-0.2, -0.15) is 0 Å². The number of aromatic carboxylic acids is 1. The minimum absolute atomic E-state index is 0.0501. The molecule has 0 spiro atoms. The van der Waals surface area contributed by atoms with Crippen molar-refractivity contribution in [2.45, 2.75) is 63.9 Å². The Morgan fingerprint density at radius 2 is 1.29 bits per heavy atom. The predicted molar refractivity (Wildman–Crippen MR) is 208 cm³/mol. The Morgan fingerprint density at radius 1 is 0.714 bits per heavy atom. The van der Waals surface area contributed by atoms with E-state index >= 15 is 0 Å². The first kappa shape index (κ1) is 42.3. The van der Waals surface area contributed by atoms with Crippen LogP contribution in [0.2, 0.25) is 0 Å². The number of aliphatic carboxylic acids is 1. The van der Waals surface area contributed by atoms with Crippen LogP contribution in [0.15, 0.2) is 109 Å². The quantitative estimate of drug-likeness (QED) is 0.0798. The molecule has 3 amide bonds. The van der Waals surface area contributed by atoms with Gasteiger partial charge in [-0.15, -0.1) is 0 Å². The maximum Gasteiger partial charge on any atom is 0.408 e. The van der Waals surface area contributed by atoms with E-state index in [0.29, 0.717) is 17.7 Å². The molecule has 56 heavy (non-hydrogen) atoms. The summed E-state index contributed by atoms with van der Waals surface area (Å²) in [6.07, 6.45) is -2.07. The van der Waals surface area contributed by atoms with Crippen molar-refractivity contribution in [1.29, 1.82) is 0 Å². The molecule has 4 aromatic rings. The average molecular weight is 769 g/mol. The lowest BCUT2D eigenvalue weighted by Crippen LogP contribution is -2.56. The Bertz CT molecular complexity index is 1920. The van der Waals surface area contributed by atoms with E-state index in [1.54, 1.807) is 51.1 Å². The second-order valence-corrected chi connectivity index (χ2v) is 14.1. The number of nitrogens with one attached hydrogen (secondary N) is 3. The molecule has 0 saturated carbocycles. The average Bonchev–Trinajstić information content (AvgIpc) is 3.16. The van der Waals surface area contributed by atoms with Gasteiger partial charge in [0.25, 0.3) is 0 Å². The molecule has 0 aliphatic carbocycles. The number of alkyl carbamates (subject to hydrolysis) is 1. The van der Waals surface area contributed by atoms with Crippen molar-refractivity contribution in [3.8, 4) is 5.75 Å². The fraction of sp³-hybridized carbons (Fsp3) is 0.310. The zero-order valence-electron chi connectivity index (χ0n) is 31.5. The van der Waals surface area contributed by atoms with Crippen LogP contribution in [-0.2, 0) is 38.5 Å². The Hall–Kier alpha value is -6.41. The molecule has 0 saturated heterocycles. The molecule has 0 radical (unpaired) electrons. The lowest BCUT2D eigenvalue weighted by Gasteiger charge is -2.28. The highest BCUT2D eigenvalue weighted by molar-refractivity contribution is 5.93. The smallest absolute Gasteiger partial charge is 0.408 e. The number of hydrogen-bond donors (Lipinski definition) is 6. The summed E-state index contributed by atoms with van der Waals surface area (Å²) >= 11 is 0. The largest absolute Gasteiger partial charge is 0.481 e. The van der Waals surface area contributed by atoms with Gasteiger partial charge in [0.1, 0.15) is 29.0 Å². The number of carboxylic acids is 2. The molecule has 0 fully saturated rings. The minimum Gasteiger partial charge on any atom is -0.481 e. The number of carboxylic acid groups (broad SMARTS) is 2. The topological polar surface area (TPSA) is 204 Å². The van der Waals surface area contributed by atoms with Gasteiger partial charge >= 0.3 is 18.0 Å². The zero-order chi connectivity index (χ0) is 40.7. The molecule has 0 heterocycles. The van der Waals surface area contributed by atoms with Gasteiger partial charge in [0.15, 0.2) is 6.61 Å². The molecule has 0 bridgehead atoms. The number of hydrogen-bond acceptors (Lipinski definition) is 9. The summed E-state index contributed by atoms with van der Waals surface area (Å²) in [6, 6.07) is 29.6. The molecule has 14 nitrogen and oxygen atoms in total. The lowest BCUT2D eigenvalue weighted by atomic mass is 10.0. The third-order valence-corrected chi connectivity index (χ3v) is 8.27. The standard InChI is InChI=1S/C42H48N4O10/c1-42(2,3)56-41(54)45-35(22-28-13-7-4-8-14-28)39(51)44-34(23-30-19-20-36(55-27-37(48)49)33(21-30)40(52)53)38(50)43-24-32(47)26-46(31-17-11-6-12-18-31)25-29-15-9-5-10-16-29/h4-21,32,34-35,47H,22-27H2,1-3H3,(H,43,50)(H,44,51)(H,45,54)(H,48,49)(H,52,53)/t32?,34-,35-/m0/s1. The summed E-state index contributed by atoms with van der Waals surface area (Å²) in [7, 11) is 0. The second kappa shape index (κ2) is 20.3. The van der Waals surface area contributed by atoms with Crippen molar-refractivity contribution in [3.63, 3.8) is 0 Å². The van der Waals surface area contributed by atoms with Crippen LogP contribution in [0.5, 0.6) is 5.75 Å². The molecular formula is C42H48N4O10. The summed E-state index contributed by atoms with van der Waals surface area (Å²) in [5.41, 5.74) is 1.68. The number of nitrogens with zero attached hydrogens (tertiary/aromatic N) is 1. The number of amides is 3. The van der Waals surface area contributed by atoms with Crippen LogP contribution < -0.4 is 25.6 Å². The maximum atomic E-state index is 14.0. The molecule has 0 aromatic heterocycles. The van der Waals surface area contributed by atoms with Crippen LogP contribution in [0.1, 0.15) is 47.8 Å². The van der Waals surface area contributed by atoms with Crippen molar-refractivity contribution in [2.24, 2.45) is 0 Å². The molecule has 4 rings (SSSR count). The molecule has 14 heteroatoms. The molecule has 3 atom stereocenters. The third kappa shape index (κ3) is 14.1. The van der Waals surface area contributed by atoms with E-state index in [-0.39, 0.29) is 37.2 Å². The highest BCUT2D eigenvalue weighted by atomic mass is 16.6. The Kier molecular flexibility index (Phi) is 15.4. The Balaban J connectivity index is 1.58. The molecule has 6 N–H and O–H groups in total. The van der Waals surface area contributed by atoms with E-state index in [9.17, 15) is 34.2 Å². The van der Waals surface area contributed by atoms with E-state index in [2.05, 4.69) is 16.0 Å². The Morgan fingerprint density at radius 3 is 1.88 bits per heavy atom. The van der Waals surface area contributed by atoms with E-state index in [1.807, 2.05) is 65.6 Å². The molecule has 4 aromatic carbocycles. The maximum absolute atomic E-state index is 14.0. The first-order valence-corrected chi connectivity index (χ1v) is 18.0. The van der Waals surface area contributed by atoms with Gasteiger partial charge in [0.05, 0.1) is 6.10 Å². The third-order valence-electron chi connectivity index (χ3n) is 8.27. The van der Waals surface area contributed by atoms with Gasteiger partial charge in [-0.25, -0.2) is 14.4 Å². The van der Waals surface area contributed by atoms with Crippen molar-refractivity contribution < 1.29 is 48.8 Å². The summed E-state index contributed by atoms with van der Waals surface area (Å²) in [5, 5.41) is 38.1. The summed E-state index contributed by atoms with van der Waals surface area (Å²) in [5.74, 6) is -4.31. The van der Waals surface area contributed by atoms with E-state index in [4.69, 9.17) is 14.6 Å². The van der Waals surface area contributed by atoms with Crippen molar-refractivity contribution in [3.05, 3.63) is 131 Å². The van der Waals surface area contributed by atoms with E-state index in [1.165, 1.54) is 18.2 Å². The SMILES string of the molecule is CC(C)(C)OC(=O)N[C@@H](Cc1ccccc1)C(=O)N[C@@H](Cc1ccc(OCC(=O)O)c(C(=O)O)c1)C(=O)NCC(O)CN(Cc1ccccc1)c1ccccc1. The van der Waals surface area contributed by atoms with Crippen molar-refractivity contribution >= 4 is 35.5 Å². The first-order chi connectivity index (χ1) is 26.7. The van der Waals surface area contributed by atoms with Crippen LogP contribution in [-0.4, -0.2) is 88.7 Å². The number of aliphatic hydroxyl groups is 1. The number of para-hydroxylation sites is 1. The summed E-state index contributed by atoms with van der Waals surface area (Å²) in [6.45, 7) is 4.70. The van der Waals surface area contributed by atoms with Gasteiger partial charge < -0.3 is 45.6 Å². The van der Waals surface area contributed by atoms with Crippen LogP contribution in [0.4, 0.5) is 10.5 Å². The minimum atomic E-state index is -1.40. The lowest BCUT2D eigenvalue weighted by molar-refractivity contribution is -0.139. The molecule has 296 valence electrons. The van der Waals surface area contributed by atoms with E-state index in [0.717, 1.165) is 11.3 Å². The van der Waals surface area contributed by atoms with Gasteiger partial charge in [0, 0.05) is 38.2 Å². The first-order valence-electron chi connectivity index (χ1n) is 18.0. The van der Waals surface area contributed by atoms with Crippen LogP contribution in [0, 0.1) is 0 Å².